The van der Waals surface area contributed by atoms with E-state index in [2.05, 4.69) is 40.6 Å². The average Bonchev–Trinajstić information content (AvgIpc) is 3.64. The Morgan fingerprint density at radius 3 is 2.30 bits per heavy atom. The van der Waals surface area contributed by atoms with E-state index in [9.17, 15) is 19.5 Å². The number of methoxy groups -OCH3 is 2. The van der Waals surface area contributed by atoms with Gasteiger partial charge in [-0.15, -0.1) is 0 Å². The lowest BCUT2D eigenvalue weighted by Gasteiger charge is -2.31. The smallest absolute Gasteiger partial charge is 0.416 e. The van der Waals surface area contributed by atoms with Gasteiger partial charge in [-0.1, -0.05) is 32.9 Å². The second-order valence-corrected chi connectivity index (χ2v) is 16.6. The third-order valence-corrected chi connectivity index (χ3v) is 12.0. The molecule has 15 heteroatoms. The van der Waals surface area contributed by atoms with Crippen LogP contribution in [-0.4, -0.2) is 125 Å². The number of hydrogen-bond donors (Lipinski definition) is 1. The van der Waals surface area contributed by atoms with Gasteiger partial charge in [0.15, 0.2) is 29.2 Å². The molecule has 0 bridgehead atoms. The summed E-state index contributed by atoms with van der Waals surface area (Å²) in [5, 5.41) is 11.5. The SMILES string of the molecule is C=C1C[C@H]2[C@H](O)N(C(=O)OC[C@@H](C)[S][Al])c3cc(OCCCCCOc4cc5c(cc4OC)C(=O)N4CC(C)(C)C[C@H]4C=N5)c(OC)cc3C(=O)N2C1. The Hall–Kier alpha value is -3.90. The maximum Gasteiger partial charge on any atom is 0.416 e. The minimum atomic E-state index is -1.36. The van der Waals surface area contributed by atoms with Crippen LogP contribution in [0.25, 0.3) is 0 Å². The van der Waals surface area contributed by atoms with Crippen molar-refractivity contribution >= 4 is 60.8 Å². The first-order valence-corrected chi connectivity index (χ1v) is 20.2. The van der Waals surface area contributed by atoms with Gasteiger partial charge in [0.25, 0.3) is 11.8 Å². The van der Waals surface area contributed by atoms with Crippen molar-refractivity contribution in [2.75, 3.05) is 52.0 Å². The van der Waals surface area contributed by atoms with Gasteiger partial charge in [0.1, 0.15) is 6.61 Å². The predicted octanol–water partition coefficient (Wildman–Crippen LogP) is 5.54. The molecule has 1 N–H and O–H groups in total. The molecule has 53 heavy (non-hydrogen) atoms. The van der Waals surface area contributed by atoms with Crippen LogP contribution in [0.15, 0.2) is 41.4 Å². The number of aliphatic hydroxyl groups excluding tert-OH is 1. The summed E-state index contributed by atoms with van der Waals surface area (Å²) in [4.78, 5) is 50.0. The molecule has 0 spiro atoms. The number of amides is 3. The van der Waals surface area contributed by atoms with Gasteiger partial charge in [-0.05, 0) is 49.7 Å². The second-order valence-electron chi connectivity index (χ2n) is 14.7. The Morgan fingerprint density at radius 2 is 1.64 bits per heavy atom. The fourth-order valence-electron chi connectivity index (χ4n) is 7.32. The van der Waals surface area contributed by atoms with Crippen LogP contribution in [0, 0.1) is 5.41 Å². The van der Waals surface area contributed by atoms with Crippen molar-refractivity contribution in [3.63, 3.8) is 0 Å². The lowest BCUT2D eigenvalue weighted by Crippen LogP contribution is -2.51. The molecule has 2 aromatic carbocycles. The van der Waals surface area contributed by atoms with Gasteiger partial charge >= 0.3 is 6.09 Å². The number of benzene rings is 2. The van der Waals surface area contributed by atoms with Crippen molar-refractivity contribution in [3.05, 3.63) is 47.5 Å². The molecule has 2 saturated heterocycles. The average molecular weight is 763 g/mol. The van der Waals surface area contributed by atoms with Crippen LogP contribution in [0.3, 0.4) is 0 Å². The second kappa shape index (κ2) is 16.2. The van der Waals surface area contributed by atoms with Gasteiger partial charge in [0, 0.05) is 36.7 Å². The Morgan fingerprint density at radius 1 is 1.00 bits per heavy atom. The maximum atomic E-state index is 13.8. The highest BCUT2D eigenvalue weighted by Crippen LogP contribution is 2.43. The molecule has 2 aromatic rings. The van der Waals surface area contributed by atoms with Gasteiger partial charge in [-0.2, -0.15) is 0 Å². The summed E-state index contributed by atoms with van der Waals surface area (Å²) in [5.74, 6) is 1.27. The van der Waals surface area contributed by atoms with Gasteiger partial charge in [-0.25, -0.2) is 9.69 Å². The van der Waals surface area contributed by atoms with E-state index >= 15 is 0 Å². The fourth-order valence-corrected chi connectivity index (χ4v) is 7.71. The molecule has 4 aliphatic heterocycles. The van der Waals surface area contributed by atoms with Crippen molar-refractivity contribution < 1.29 is 43.2 Å². The normalized spacial score (nSPS) is 22.0. The quantitative estimate of drug-likeness (QED) is 0.157. The number of unbranched alkanes of at least 4 members (excludes halogenated alkanes) is 2. The number of ether oxygens (including phenoxy) is 5. The number of hydrogen-bond acceptors (Lipinski definition) is 11. The molecule has 0 unspecified atom stereocenters. The van der Waals surface area contributed by atoms with Crippen LogP contribution >= 0.6 is 10.1 Å². The summed E-state index contributed by atoms with van der Waals surface area (Å²) < 4.78 is 29.1. The minimum absolute atomic E-state index is 0.00709. The third-order valence-electron chi connectivity index (χ3n) is 10.0. The first-order valence-electron chi connectivity index (χ1n) is 17.9. The van der Waals surface area contributed by atoms with Gasteiger partial charge in [0.2, 0.25) is 15.2 Å². The van der Waals surface area contributed by atoms with Crippen molar-refractivity contribution in [1.29, 1.82) is 0 Å². The number of aliphatic imine (C=N–C) groups is 1. The number of aliphatic hydroxyl groups is 1. The number of carbonyl (C=O) groups is 3. The monoisotopic (exact) mass is 762 g/mol. The van der Waals surface area contributed by atoms with Crippen LogP contribution in [0.2, 0.25) is 0 Å². The van der Waals surface area contributed by atoms with Crippen LogP contribution in [0.5, 0.6) is 23.0 Å². The molecule has 2 radical (unpaired) electrons. The number of carbonyl (C=O) groups excluding carboxylic acids is 3. The third kappa shape index (κ3) is 8.14. The van der Waals surface area contributed by atoms with Crippen LogP contribution < -0.4 is 23.8 Å². The van der Waals surface area contributed by atoms with Gasteiger partial charge < -0.3 is 38.6 Å². The lowest BCUT2D eigenvalue weighted by molar-refractivity contribution is 0.0491. The van der Waals surface area contributed by atoms with E-state index in [1.54, 1.807) is 36.3 Å². The zero-order valence-electron chi connectivity index (χ0n) is 31.0. The summed E-state index contributed by atoms with van der Waals surface area (Å²) >= 11 is 2.54. The Balaban J connectivity index is 1.09. The summed E-state index contributed by atoms with van der Waals surface area (Å²) in [6, 6.07) is 5.90. The molecule has 282 valence electrons. The summed E-state index contributed by atoms with van der Waals surface area (Å²) in [6.45, 7) is 12.1. The van der Waals surface area contributed by atoms with E-state index < -0.39 is 18.4 Å². The highest BCUT2D eigenvalue weighted by atomic mass is 32.3. The van der Waals surface area contributed by atoms with Crippen molar-refractivity contribution in [2.24, 2.45) is 10.4 Å². The van der Waals surface area contributed by atoms with E-state index in [4.69, 9.17) is 23.7 Å². The lowest BCUT2D eigenvalue weighted by atomic mass is 9.91. The zero-order chi connectivity index (χ0) is 38.0. The van der Waals surface area contributed by atoms with E-state index in [0.717, 1.165) is 23.3 Å². The van der Waals surface area contributed by atoms with Gasteiger partial charge in [-0.3, -0.25) is 24.7 Å². The van der Waals surface area contributed by atoms with Crippen molar-refractivity contribution in [1.82, 2.24) is 9.80 Å². The first kappa shape index (κ1) is 38.8. The Labute approximate surface area is 322 Å². The number of nitrogens with zero attached hydrogens (tertiary/aromatic N) is 4. The molecule has 4 heterocycles. The molecule has 4 atom stereocenters. The van der Waals surface area contributed by atoms with E-state index in [1.165, 1.54) is 17.2 Å². The molecule has 0 saturated carbocycles. The van der Waals surface area contributed by atoms with Crippen molar-refractivity contribution in [2.45, 2.75) is 76.4 Å². The standard InChI is InChI=1S/C38H48N4O9S.Al/c1-22-12-29-36(45)42(37(46)51-20-23(2)52)28-16-33(31(48-6)14-26(28)35(44)40(29)19-22)50-11-9-7-8-10-49-32-15-27-25(13-30(32)47-5)34(43)41-21-38(3,4)17-24(41)18-39-27;/h13-16,18,23-24,29,36,45,52H,1,7-12,17,19-21H2,2-6H3;/q;+1/p-1/t23-,24+,29+,36+;/m1./s1. The minimum Gasteiger partial charge on any atom is -0.493 e. The molecule has 13 nitrogen and oxygen atoms in total. The fraction of sp³-hybridized carbons (Fsp3) is 0.526. The predicted molar refractivity (Wildman–Crippen MR) is 203 cm³/mol. The highest BCUT2D eigenvalue weighted by Gasteiger charge is 2.46. The summed E-state index contributed by atoms with van der Waals surface area (Å²) in [7, 11) is 4.51. The zero-order valence-corrected chi connectivity index (χ0v) is 32.9. The molecule has 3 amide bonds. The molecule has 6 rings (SSSR count). The number of anilines is 1. The largest absolute Gasteiger partial charge is 0.493 e. The van der Waals surface area contributed by atoms with E-state index in [0.29, 0.717) is 73.3 Å². The summed E-state index contributed by atoms with van der Waals surface area (Å²) in [5.41, 5.74) is 2.28. The Kier molecular flexibility index (Phi) is 11.9. The molecule has 0 aromatic heterocycles. The highest BCUT2D eigenvalue weighted by molar-refractivity contribution is 8.20. The van der Waals surface area contributed by atoms with Crippen LogP contribution in [0.4, 0.5) is 16.2 Å². The summed E-state index contributed by atoms with van der Waals surface area (Å²) in [6.07, 6.45) is 3.13. The van der Waals surface area contributed by atoms with Crippen LogP contribution in [0.1, 0.15) is 73.6 Å². The Bertz CT molecular complexity index is 1790. The molecule has 2 fully saturated rings. The first-order chi connectivity index (χ1) is 25.3. The van der Waals surface area contributed by atoms with Crippen LogP contribution in [-0.2, 0) is 4.74 Å². The molecule has 0 aliphatic carbocycles. The maximum absolute atomic E-state index is 13.8. The molecule has 4 aliphatic rings. The number of fused-ring (bicyclic) bond motifs is 4. The van der Waals surface area contributed by atoms with Gasteiger partial charge in [0.05, 0.1) is 62.0 Å². The molecular formula is C38H47AlN4O9S. The molecular weight excluding hydrogens is 715 g/mol. The van der Waals surface area contributed by atoms with Crippen molar-refractivity contribution in [3.8, 4) is 23.0 Å². The van der Waals surface area contributed by atoms with E-state index in [1.807, 2.05) is 18.0 Å². The topological polar surface area (TPSA) is 140 Å². The number of rotatable bonds is 13. The van der Waals surface area contributed by atoms with E-state index in [-0.39, 0.29) is 52.9 Å².